The predicted molar refractivity (Wildman–Crippen MR) is 250 cm³/mol. The molecule has 0 unspecified atom stereocenters. The Morgan fingerprint density at radius 1 is 0.267 bits per heavy atom. The Labute approximate surface area is 346 Å². The van der Waals surface area contributed by atoms with Crippen molar-refractivity contribution < 1.29 is 0 Å². The van der Waals surface area contributed by atoms with Gasteiger partial charge in [-0.1, -0.05) is 146 Å². The molecule has 0 amide bonds. The Morgan fingerprint density at radius 3 is 1.50 bits per heavy atom. The molecule has 12 rings (SSSR count). The van der Waals surface area contributed by atoms with Gasteiger partial charge in [0.1, 0.15) is 0 Å². The molecule has 0 radical (unpaired) electrons. The van der Waals surface area contributed by atoms with E-state index in [1.54, 1.807) is 0 Å². The van der Waals surface area contributed by atoms with Gasteiger partial charge in [0.2, 0.25) is 0 Å². The molecule has 0 atom stereocenters. The zero-order valence-electron chi connectivity index (χ0n) is 32.6. The van der Waals surface area contributed by atoms with Crippen LogP contribution in [0.5, 0.6) is 0 Å². The first-order valence-corrected chi connectivity index (χ1v) is 20.4. The minimum Gasteiger partial charge on any atom is -0.309 e. The highest BCUT2D eigenvalue weighted by Crippen LogP contribution is 2.39. The van der Waals surface area contributed by atoms with E-state index in [9.17, 15) is 0 Å². The number of hydrogen-bond donors (Lipinski definition) is 0. The second kappa shape index (κ2) is 13.8. The van der Waals surface area contributed by atoms with E-state index in [0.29, 0.717) is 5.82 Å². The molecule has 3 aromatic heterocycles. The Morgan fingerprint density at radius 2 is 0.750 bits per heavy atom. The number of hydrogen-bond acceptors (Lipinski definition) is 2. The summed E-state index contributed by atoms with van der Waals surface area (Å²) >= 11 is 0. The van der Waals surface area contributed by atoms with Gasteiger partial charge in [0.15, 0.2) is 5.82 Å². The van der Waals surface area contributed by atoms with E-state index in [4.69, 9.17) is 9.97 Å². The largest absolute Gasteiger partial charge is 0.309 e. The number of aromatic nitrogens is 4. The van der Waals surface area contributed by atoms with Gasteiger partial charge in [-0.25, -0.2) is 9.97 Å². The third kappa shape index (κ3) is 5.53. The molecule has 0 spiro atoms. The van der Waals surface area contributed by atoms with Crippen LogP contribution in [-0.2, 0) is 0 Å². The lowest BCUT2D eigenvalue weighted by Crippen LogP contribution is -1.97. The van der Waals surface area contributed by atoms with Gasteiger partial charge < -0.3 is 9.13 Å². The zero-order valence-corrected chi connectivity index (χ0v) is 32.6. The number of rotatable bonds is 6. The van der Waals surface area contributed by atoms with E-state index in [1.807, 2.05) is 12.1 Å². The SMILES string of the molecule is c1ccc(-c2ccc(-c3nc(-c4ccc(-n5c6ccccc6c6ccc(-c7ccc8c(c7)c7ccccc7n8-c7ccccc7)cc65)cc4)nc4ccccc34)cc2)cc1. The van der Waals surface area contributed by atoms with E-state index in [1.165, 1.54) is 60.3 Å². The maximum Gasteiger partial charge on any atom is 0.160 e. The van der Waals surface area contributed by atoms with Crippen LogP contribution in [0.25, 0.3) is 111 Å². The van der Waals surface area contributed by atoms with E-state index in [2.05, 4.69) is 215 Å². The van der Waals surface area contributed by atoms with Crippen molar-refractivity contribution >= 4 is 54.5 Å². The molecule has 3 heterocycles. The molecular weight excluding hydrogens is 729 g/mol. The molecule has 0 aliphatic rings. The van der Waals surface area contributed by atoms with Crippen molar-refractivity contribution in [3.8, 4) is 56.3 Å². The smallest absolute Gasteiger partial charge is 0.160 e. The minimum atomic E-state index is 0.705. The standard InChI is InChI=1S/C56H36N4/c1-3-13-37(14-4-1)38-23-25-39(26-24-38)55-48-19-7-10-20-50(48)57-56(58-55)40-27-31-44(32-28-40)60-51-21-11-8-17-45(51)47-33-29-42(36-54(47)60)41-30-34-53-49(35-41)46-18-9-12-22-52(46)59(53)43-15-5-2-6-16-43/h1-36H. The lowest BCUT2D eigenvalue weighted by atomic mass is 10.0. The normalized spacial score (nSPS) is 11.7. The first kappa shape index (κ1) is 34.0. The summed E-state index contributed by atoms with van der Waals surface area (Å²) < 4.78 is 4.75. The van der Waals surface area contributed by atoms with Crippen molar-refractivity contribution in [2.45, 2.75) is 0 Å². The molecule has 280 valence electrons. The summed E-state index contributed by atoms with van der Waals surface area (Å²) in [4.78, 5) is 10.3. The van der Waals surface area contributed by atoms with Crippen molar-refractivity contribution in [3.63, 3.8) is 0 Å². The van der Waals surface area contributed by atoms with Gasteiger partial charge in [0.25, 0.3) is 0 Å². The second-order valence-electron chi connectivity index (χ2n) is 15.4. The predicted octanol–water partition coefficient (Wildman–Crippen LogP) is 14.5. The van der Waals surface area contributed by atoms with Crippen LogP contribution >= 0.6 is 0 Å². The molecule has 60 heavy (non-hydrogen) atoms. The van der Waals surface area contributed by atoms with Crippen LogP contribution in [0, 0.1) is 0 Å². The fourth-order valence-electron chi connectivity index (χ4n) is 9.07. The van der Waals surface area contributed by atoms with Crippen LogP contribution in [-0.4, -0.2) is 19.1 Å². The minimum absolute atomic E-state index is 0.705. The highest BCUT2D eigenvalue weighted by molar-refractivity contribution is 6.12. The fourth-order valence-corrected chi connectivity index (χ4v) is 9.07. The molecule has 9 aromatic carbocycles. The summed E-state index contributed by atoms with van der Waals surface area (Å²) in [5.74, 6) is 0.705. The molecule has 0 saturated carbocycles. The summed E-state index contributed by atoms with van der Waals surface area (Å²) in [6, 6.07) is 78.0. The van der Waals surface area contributed by atoms with Crippen molar-refractivity contribution in [1.29, 1.82) is 0 Å². The third-order valence-electron chi connectivity index (χ3n) is 11.9. The number of benzene rings is 9. The molecular formula is C56H36N4. The molecule has 0 aliphatic carbocycles. The van der Waals surface area contributed by atoms with E-state index in [0.717, 1.165) is 44.6 Å². The second-order valence-corrected chi connectivity index (χ2v) is 15.4. The average molecular weight is 765 g/mol. The summed E-state index contributed by atoms with van der Waals surface area (Å²) in [6.07, 6.45) is 0. The first-order valence-electron chi connectivity index (χ1n) is 20.4. The maximum atomic E-state index is 5.22. The summed E-state index contributed by atoms with van der Waals surface area (Å²) in [6.45, 7) is 0. The van der Waals surface area contributed by atoms with Crippen molar-refractivity contribution in [3.05, 3.63) is 218 Å². The van der Waals surface area contributed by atoms with E-state index >= 15 is 0 Å². The number of para-hydroxylation sites is 4. The van der Waals surface area contributed by atoms with Gasteiger partial charge in [-0.05, 0) is 95.1 Å². The Hall–Kier alpha value is -8.08. The van der Waals surface area contributed by atoms with E-state index < -0.39 is 0 Å². The lowest BCUT2D eigenvalue weighted by molar-refractivity contribution is 1.17. The monoisotopic (exact) mass is 764 g/mol. The van der Waals surface area contributed by atoms with Gasteiger partial charge in [0.05, 0.1) is 33.3 Å². The molecule has 4 heteroatoms. The van der Waals surface area contributed by atoms with Crippen molar-refractivity contribution in [2.75, 3.05) is 0 Å². The van der Waals surface area contributed by atoms with Gasteiger partial charge in [0, 0.05) is 49.4 Å². The lowest BCUT2D eigenvalue weighted by Gasteiger charge is -2.12. The highest BCUT2D eigenvalue weighted by Gasteiger charge is 2.17. The maximum absolute atomic E-state index is 5.22. The van der Waals surface area contributed by atoms with Crippen LogP contribution in [0.4, 0.5) is 0 Å². The summed E-state index contributed by atoms with van der Waals surface area (Å²) in [5, 5.41) is 5.97. The third-order valence-corrected chi connectivity index (χ3v) is 11.9. The summed E-state index contributed by atoms with van der Waals surface area (Å²) in [5.41, 5.74) is 15.6. The van der Waals surface area contributed by atoms with Crippen LogP contribution in [0.3, 0.4) is 0 Å². The Kier molecular flexibility index (Phi) is 7.82. The van der Waals surface area contributed by atoms with Crippen LogP contribution in [0.2, 0.25) is 0 Å². The Balaban J connectivity index is 0.953. The Bertz CT molecular complexity index is 3560. The quantitative estimate of drug-likeness (QED) is 0.169. The van der Waals surface area contributed by atoms with Gasteiger partial charge in [-0.15, -0.1) is 0 Å². The van der Waals surface area contributed by atoms with Crippen LogP contribution in [0.1, 0.15) is 0 Å². The highest BCUT2D eigenvalue weighted by atomic mass is 15.0. The topological polar surface area (TPSA) is 35.6 Å². The van der Waals surface area contributed by atoms with Crippen molar-refractivity contribution in [1.82, 2.24) is 19.1 Å². The average Bonchev–Trinajstić information content (AvgIpc) is 3.84. The molecule has 12 aromatic rings. The number of nitrogens with zero attached hydrogens (tertiary/aromatic N) is 4. The number of fused-ring (bicyclic) bond motifs is 7. The van der Waals surface area contributed by atoms with Gasteiger partial charge >= 0.3 is 0 Å². The molecule has 0 saturated heterocycles. The van der Waals surface area contributed by atoms with Crippen LogP contribution < -0.4 is 0 Å². The zero-order chi connectivity index (χ0) is 39.6. The van der Waals surface area contributed by atoms with Gasteiger partial charge in [-0.3, -0.25) is 0 Å². The molecule has 4 nitrogen and oxygen atoms in total. The molecule has 0 fully saturated rings. The molecule has 0 aliphatic heterocycles. The molecule has 0 bridgehead atoms. The van der Waals surface area contributed by atoms with Gasteiger partial charge in [-0.2, -0.15) is 0 Å². The van der Waals surface area contributed by atoms with Crippen LogP contribution in [0.15, 0.2) is 218 Å². The van der Waals surface area contributed by atoms with Crippen molar-refractivity contribution in [2.24, 2.45) is 0 Å². The summed E-state index contributed by atoms with van der Waals surface area (Å²) in [7, 11) is 0. The first-order chi connectivity index (χ1) is 29.7. The fraction of sp³-hybridized carbons (Fsp3) is 0. The van der Waals surface area contributed by atoms with E-state index in [-0.39, 0.29) is 0 Å². The molecule has 0 N–H and O–H groups in total.